The summed E-state index contributed by atoms with van der Waals surface area (Å²) in [7, 11) is 2.10. The number of benzene rings is 4. The van der Waals surface area contributed by atoms with Gasteiger partial charge in [0.05, 0.1) is 27.8 Å². The fourth-order valence-electron chi connectivity index (χ4n) is 13.3. The number of rotatable bonds is 8. The standard InChI is InChI=1S/C51H54F2N2/c1-9-32-33(10-2)44(32)50(7)37-18-14-16-30-26-28-55-48(41(30)37)43-34(21-24-39(53)46(43)50)35(51(55,11-3)12-4)22-19-31-20-23-38(52)45-42(31)47-40-29(25-27-54(47)8)15-13-17-36(40)49(45,5)6/h13-18,20-21,23-28,32-33,35,44H,9-12,19,22H2,1-8H3/q+2. The van der Waals surface area contributed by atoms with E-state index in [0.29, 0.717) is 17.8 Å². The van der Waals surface area contributed by atoms with E-state index in [1.54, 1.807) is 6.07 Å². The van der Waals surface area contributed by atoms with Crippen molar-refractivity contribution in [1.82, 2.24) is 0 Å². The minimum atomic E-state index is -0.499. The van der Waals surface area contributed by atoms with Crippen LogP contribution in [0.1, 0.15) is 120 Å². The summed E-state index contributed by atoms with van der Waals surface area (Å²) in [6.45, 7) is 16.1. The normalized spacial score (nSPS) is 24.6. The van der Waals surface area contributed by atoms with Crippen LogP contribution < -0.4 is 9.13 Å². The van der Waals surface area contributed by atoms with E-state index in [2.05, 4.69) is 138 Å². The van der Waals surface area contributed by atoms with Gasteiger partial charge in [0.2, 0.25) is 11.4 Å². The van der Waals surface area contributed by atoms with Gasteiger partial charge in [0.15, 0.2) is 17.9 Å². The Balaban J connectivity index is 1.20. The molecule has 2 nitrogen and oxygen atoms in total. The third-order valence-corrected chi connectivity index (χ3v) is 15.8. The summed E-state index contributed by atoms with van der Waals surface area (Å²) in [5.74, 6) is 1.51. The Morgan fingerprint density at radius 3 is 1.95 bits per heavy atom. The van der Waals surface area contributed by atoms with E-state index < -0.39 is 10.8 Å². The van der Waals surface area contributed by atoms with Crippen molar-refractivity contribution >= 4 is 21.5 Å². The van der Waals surface area contributed by atoms with E-state index in [1.165, 1.54) is 49.5 Å². The van der Waals surface area contributed by atoms with Crippen molar-refractivity contribution in [3.05, 3.63) is 130 Å². The van der Waals surface area contributed by atoms with Crippen LogP contribution in [-0.2, 0) is 29.8 Å². The summed E-state index contributed by atoms with van der Waals surface area (Å²) in [6, 6.07) is 25.5. The maximum absolute atomic E-state index is 17.1. The predicted molar refractivity (Wildman–Crippen MR) is 219 cm³/mol. The molecule has 1 saturated carbocycles. The van der Waals surface area contributed by atoms with Gasteiger partial charge in [-0.2, -0.15) is 4.57 Å². The summed E-state index contributed by atoms with van der Waals surface area (Å²) >= 11 is 0. The number of fused-ring (bicyclic) bond motifs is 2. The van der Waals surface area contributed by atoms with Crippen molar-refractivity contribution in [1.29, 1.82) is 0 Å². The lowest BCUT2D eigenvalue weighted by Crippen LogP contribution is -2.63. The Labute approximate surface area is 325 Å². The summed E-state index contributed by atoms with van der Waals surface area (Å²) in [4.78, 5) is 0. The molecule has 0 spiro atoms. The molecule has 0 N–H and O–H groups in total. The first-order chi connectivity index (χ1) is 26.5. The first kappa shape index (κ1) is 35.0. The Morgan fingerprint density at radius 1 is 0.655 bits per heavy atom. The van der Waals surface area contributed by atoms with Gasteiger partial charge in [-0.05, 0) is 75.8 Å². The van der Waals surface area contributed by atoms with Gasteiger partial charge in [-0.15, -0.1) is 0 Å². The largest absolute Gasteiger partial charge is 0.221 e. The topological polar surface area (TPSA) is 7.76 Å². The van der Waals surface area contributed by atoms with Crippen molar-refractivity contribution in [3.63, 3.8) is 0 Å². The Morgan fingerprint density at radius 2 is 1.27 bits per heavy atom. The molecule has 1 aliphatic heterocycles. The van der Waals surface area contributed by atoms with Crippen LogP contribution in [0.15, 0.2) is 85.2 Å². The predicted octanol–water partition coefficient (Wildman–Crippen LogP) is 11.9. The minimum Gasteiger partial charge on any atom is -0.207 e. The molecule has 0 bridgehead atoms. The first-order valence-corrected chi connectivity index (χ1v) is 21.0. The Bertz CT molecular complexity index is 2600. The number of hydrogen-bond donors (Lipinski definition) is 0. The zero-order chi connectivity index (χ0) is 38.3. The number of hydrogen-bond acceptors (Lipinski definition) is 0. The van der Waals surface area contributed by atoms with Crippen LogP contribution in [0.3, 0.4) is 0 Å². The smallest absolute Gasteiger partial charge is 0.207 e. The summed E-state index contributed by atoms with van der Waals surface area (Å²) in [5, 5.41) is 4.98. The van der Waals surface area contributed by atoms with Crippen molar-refractivity contribution in [2.24, 2.45) is 24.8 Å². The third-order valence-electron chi connectivity index (χ3n) is 15.8. The van der Waals surface area contributed by atoms with Gasteiger partial charge in [-0.25, -0.2) is 13.3 Å². The van der Waals surface area contributed by atoms with E-state index in [1.807, 2.05) is 6.07 Å². The molecule has 280 valence electrons. The van der Waals surface area contributed by atoms with E-state index in [4.69, 9.17) is 0 Å². The average molecular weight is 733 g/mol. The molecule has 1 fully saturated rings. The molecular weight excluding hydrogens is 679 g/mol. The second-order valence-corrected chi connectivity index (χ2v) is 18.1. The molecule has 4 aliphatic rings. The first-order valence-electron chi connectivity index (χ1n) is 21.0. The zero-order valence-electron chi connectivity index (χ0n) is 33.8. The molecule has 0 saturated heterocycles. The summed E-state index contributed by atoms with van der Waals surface area (Å²) in [6.07, 6.45) is 10.3. The molecule has 4 heteroatoms. The Hall–Kier alpha value is -4.44. The van der Waals surface area contributed by atoms with Gasteiger partial charge in [-0.3, -0.25) is 0 Å². The van der Waals surface area contributed by atoms with Crippen molar-refractivity contribution < 1.29 is 17.9 Å². The SMILES string of the molecule is CCC1C(CC)C1C1(C)c2c(F)ccc3c2-c2c4c1cccc4cc[n+]2C(CC)(CC)C3CCc1ccc(F)c2c1-c1c3c(cccc3cc[n+]1C)C2(C)C. The van der Waals surface area contributed by atoms with Crippen molar-refractivity contribution in [2.45, 2.75) is 109 Å². The second-order valence-electron chi connectivity index (χ2n) is 18.1. The molecule has 4 unspecified atom stereocenters. The highest BCUT2D eigenvalue weighted by Crippen LogP contribution is 2.67. The molecule has 0 radical (unpaired) electrons. The lowest BCUT2D eigenvalue weighted by molar-refractivity contribution is -0.762. The maximum Gasteiger partial charge on any atom is 0.221 e. The summed E-state index contributed by atoms with van der Waals surface area (Å²) < 4.78 is 38.2. The van der Waals surface area contributed by atoms with E-state index >= 15 is 8.78 Å². The Kier molecular flexibility index (Phi) is 7.50. The van der Waals surface area contributed by atoms with Gasteiger partial charge in [-0.1, -0.05) is 110 Å². The van der Waals surface area contributed by atoms with Crippen LogP contribution >= 0.6 is 0 Å². The van der Waals surface area contributed by atoms with Gasteiger partial charge < -0.3 is 0 Å². The quantitative estimate of drug-likeness (QED) is 0.138. The number of halogens is 2. The molecule has 6 aromatic rings. The zero-order valence-corrected chi connectivity index (χ0v) is 33.8. The van der Waals surface area contributed by atoms with Gasteiger partial charge in [0.1, 0.15) is 18.7 Å². The van der Waals surface area contributed by atoms with Crippen LogP contribution in [0.2, 0.25) is 0 Å². The van der Waals surface area contributed by atoms with Crippen LogP contribution in [0.4, 0.5) is 8.78 Å². The fourth-order valence-corrected chi connectivity index (χ4v) is 13.3. The monoisotopic (exact) mass is 732 g/mol. The maximum atomic E-state index is 17.1. The summed E-state index contributed by atoms with van der Waals surface area (Å²) in [5.41, 5.74) is 10.1. The van der Waals surface area contributed by atoms with Gasteiger partial charge in [0.25, 0.3) is 0 Å². The van der Waals surface area contributed by atoms with Crippen molar-refractivity contribution in [3.8, 4) is 22.5 Å². The van der Waals surface area contributed by atoms with Crippen LogP contribution in [0, 0.1) is 29.4 Å². The highest BCUT2D eigenvalue weighted by molar-refractivity contribution is 6.02. The van der Waals surface area contributed by atoms with Crippen LogP contribution in [0.25, 0.3) is 44.1 Å². The highest BCUT2D eigenvalue weighted by atomic mass is 19.1. The lowest BCUT2D eigenvalue weighted by Gasteiger charge is -2.46. The molecule has 2 aromatic heterocycles. The van der Waals surface area contributed by atoms with Crippen LogP contribution in [-0.4, -0.2) is 0 Å². The number of nitrogens with zero attached hydrogens (tertiary/aromatic N) is 2. The average Bonchev–Trinajstić information content (AvgIpc) is 3.93. The molecule has 4 atom stereocenters. The van der Waals surface area contributed by atoms with E-state index in [-0.39, 0.29) is 23.1 Å². The minimum absolute atomic E-state index is 0.0655. The molecule has 10 rings (SSSR count). The van der Waals surface area contributed by atoms with Crippen molar-refractivity contribution in [2.75, 3.05) is 0 Å². The van der Waals surface area contributed by atoms with Gasteiger partial charge in [0, 0.05) is 46.9 Å². The van der Waals surface area contributed by atoms with Crippen LogP contribution in [0.5, 0.6) is 0 Å². The number of aryl methyl sites for hydroxylation is 2. The van der Waals surface area contributed by atoms with Gasteiger partial charge >= 0.3 is 0 Å². The van der Waals surface area contributed by atoms with E-state index in [9.17, 15) is 0 Å². The fraction of sp³-hybridized carbons (Fsp3) is 0.412. The molecule has 55 heavy (non-hydrogen) atoms. The molecule has 0 amide bonds. The second kappa shape index (κ2) is 11.8. The number of pyridine rings is 2. The molecule has 3 aliphatic carbocycles. The number of aromatic nitrogens is 2. The van der Waals surface area contributed by atoms with E-state index in [0.717, 1.165) is 66.5 Å². The highest BCUT2D eigenvalue weighted by Gasteiger charge is 2.63. The third kappa shape index (κ3) is 4.24. The molecule has 4 aromatic carbocycles. The molecule has 3 heterocycles. The molecular formula is C51H54F2N2+2. The lowest BCUT2D eigenvalue weighted by atomic mass is 9.59.